The van der Waals surface area contributed by atoms with Crippen LogP contribution in [0.2, 0.25) is 0 Å². The lowest BCUT2D eigenvalue weighted by Crippen LogP contribution is -2.13. The van der Waals surface area contributed by atoms with Gasteiger partial charge in [0.1, 0.15) is 16.5 Å². The average molecular weight is 282 g/mol. The van der Waals surface area contributed by atoms with Gasteiger partial charge in [-0.15, -0.1) is 23.1 Å². The minimum absolute atomic E-state index is 0.414. The molecule has 4 nitrogen and oxygen atoms in total. The number of aromatic nitrogens is 2. The van der Waals surface area contributed by atoms with E-state index in [1.165, 1.54) is 10.4 Å². The topological polar surface area (TPSA) is 77.8 Å². The van der Waals surface area contributed by atoms with Gasteiger partial charge < -0.3 is 11.5 Å². The Hall–Kier alpha value is -0.850. The van der Waals surface area contributed by atoms with Crippen molar-refractivity contribution in [3.63, 3.8) is 0 Å². The van der Waals surface area contributed by atoms with E-state index in [2.05, 4.69) is 30.7 Å². The maximum absolute atomic E-state index is 6.03. The lowest BCUT2D eigenvalue weighted by Gasteiger charge is -2.07. The zero-order valence-electron chi connectivity index (χ0n) is 10.9. The van der Waals surface area contributed by atoms with Crippen molar-refractivity contribution in [3.8, 4) is 0 Å². The molecule has 1 atom stereocenters. The van der Waals surface area contributed by atoms with Crippen LogP contribution < -0.4 is 11.5 Å². The fourth-order valence-electron chi connectivity index (χ4n) is 1.68. The van der Waals surface area contributed by atoms with Crippen molar-refractivity contribution < 1.29 is 0 Å². The van der Waals surface area contributed by atoms with E-state index in [9.17, 15) is 0 Å². The second-order valence-corrected chi connectivity index (χ2v) is 6.98. The Labute approximate surface area is 115 Å². The largest absolute Gasteiger partial charge is 0.383 e. The highest BCUT2D eigenvalue weighted by atomic mass is 32.2. The van der Waals surface area contributed by atoms with E-state index in [4.69, 9.17) is 11.5 Å². The molecule has 1 unspecified atom stereocenters. The number of thioether (sulfide) groups is 1. The maximum Gasteiger partial charge on any atom is 0.142 e. The van der Waals surface area contributed by atoms with Gasteiger partial charge in [0, 0.05) is 16.7 Å². The molecule has 2 heterocycles. The number of anilines is 1. The van der Waals surface area contributed by atoms with Gasteiger partial charge in [-0.2, -0.15) is 0 Å². The Kier molecular flexibility index (Phi) is 4.09. The van der Waals surface area contributed by atoms with E-state index in [-0.39, 0.29) is 0 Å². The molecule has 0 saturated heterocycles. The highest BCUT2D eigenvalue weighted by Gasteiger charge is 2.13. The number of fused-ring (bicyclic) bond motifs is 1. The number of hydrogen-bond acceptors (Lipinski definition) is 6. The quantitative estimate of drug-likeness (QED) is 0.900. The van der Waals surface area contributed by atoms with Crippen LogP contribution in [0.25, 0.3) is 10.2 Å². The zero-order valence-corrected chi connectivity index (χ0v) is 12.5. The summed E-state index contributed by atoms with van der Waals surface area (Å²) < 4.78 is 0. The molecule has 2 aromatic rings. The first kappa shape index (κ1) is 13.6. The molecule has 2 aromatic heterocycles. The van der Waals surface area contributed by atoms with Gasteiger partial charge in [-0.25, -0.2) is 9.97 Å². The molecule has 0 aromatic carbocycles. The van der Waals surface area contributed by atoms with Crippen LogP contribution in [0.5, 0.6) is 0 Å². The van der Waals surface area contributed by atoms with Crippen LogP contribution in [0.4, 0.5) is 5.82 Å². The summed E-state index contributed by atoms with van der Waals surface area (Å²) in [5.41, 5.74) is 12.8. The standard InChI is InChI=1S/C12H18N4S2/c1-6(4-13)17-5-9-15-11(14)10-7(2)8(3)18-12(10)16-9/h6H,4-5,13H2,1-3H3,(H2,14,15,16). The van der Waals surface area contributed by atoms with Gasteiger partial charge in [0.05, 0.1) is 11.1 Å². The predicted molar refractivity (Wildman–Crippen MR) is 81.1 cm³/mol. The monoisotopic (exact) mass is 282 g/mol. The molecule has 0 radical (unpaired) electrons. The van der Waals surface area contributed by atoms with Crippen LogP contribution in [-0.4, -0.2) is 21.8 Å². The Bertz CT molecular complexity index is 565. The fraction of sp³-hybridized carbons (Fsp3) is 0.500. The molecule has 98 valence electrons. The Morgan fingerprint density at radius 3 is 2.72 bits per heavy atom. The highest BCUT2D eigenvalue weighted by molar-refractivity contribution is 7.99. The van der Waals surface area contributed by atoms with E-state index in [1.54, 1.807) is 23.1 Å². The number of nitrogens with two attached hydrogens (primary N) is 2. The molecule has 6 heteroatoms. The van der Waals surface area contributed by atoms with E-state index < -0.39 is 0 Å². The minimum atomic E-state index is 0.414. The van der Waals surface area contributed by atoms with Crippen molar-refractivity contribution in [1.82, 2.24) is 9.97 Å². The molecular formula is C12H18N4S2. The summed E-state index contributed by atoms with van der Waals surface area (Å²) in [6, 6.07) is 0. The third-order valence-electron chi connectivity index (χ3n) is 2.93. The van der Waals surface area contributed by atoms with Gasteiger partial charge in [-0.3, -0.25) is 0 Å². The lowest BCUT2D eigenvalue weighted by atomic mass is 10.2. The van der Waals surface area contributed by atoms with E-state index in [1.807, 2.05) is 0 Å². The molecule has 0 aliphatic heterocycles. The molecule has 0 aliphatic rings. The van der Waals surface area contributed by atoms with Crippen LogP contribution in [-0.2, 0) is 5.75 Å². The van der Waals surface area contributed by atoms with Crippen molar-refractivity contribution in [2.24, 2.45) is 5.73 Å². The Balaban J connectivity index is 2.32. The number of rotatable bonds is 4. The third kappa shape index (κ3) is 2.60. The van der Waals surface area contributed by atoms with Crippen LogP contribution in [0.3, 0.4) is 0 Å². The smallest absolute Gasteiger partial charge is 0.142 e. The number of hydrogen-bond donors (Lipinski definition) is 2. The molecule has 0 saturated carbocycles. The van der Waals surface area contributed by atoms with Crippen LogP contribution in [0, 0.1) is 13.8 Å². The first-order chi connectivity index (χ1) is 8.52. The zero-order chi connectivity index (χ0) is 13.3. The van der Waals surface area contributed by atoms with Gasteiger partial charge in [0.25, 0.3) is 0 Å². The number of nitrogens with zero attached hydrogens (tertiary/aromatic N) is 2. The van der Waals surface area contributed by atoms with Crippen molar-refractivity contribution in [3.05, 3.63) is 16.3 Å². The lowest BCUT2D eigenvalue weighted by molar-refractivity contribution is 0.946. The molecule has 4 N–H and O–H groups in total. The molecule has 0 amide bonds. The summed E-state index contributed by atoms with van der Waals surface area (Å²) in [4.78, 5) is 11.2. The van der Waals surface area contributed by atoms with Crippen LogP contribution in [0.15, 0.2) is 0 Å². The second kappa shape index (κ2) is 5.42. The van der Waals surface area contributed by atoms with Crippen LogP contribution in [0.1, 0.15) is 23.2 Å². The summed E-state index contributed by atoms with van der Waals surface area (Å²) in [5.74, 6) is 2.15. The summed E-state index contributed by atoms with van der Waals surface area (Å²) in [5, 5.41) is 1.43. The molecule has 0 aliphatic carbocycles. The fourth-order valence-corrected chi connectivity index (χ4v) is 3.43. The predicted octanol–water partition coefficient (Wildman–Crippen LogP) is 2.47. The SMILES string of the molecule is Cc1sc2nc(CSC(C)CN)nc(N)c2c1C. The maximum atomic E-state index is 6.03. The summed E-state index contributed by atoms with van der Waals surface area (Å²) in [6.07, 6.45) is 0. The van der Waals surface area contributed by atoms with Gasteiger partial charge in [-0.1, -0.05) is 6.92 Å². The molecule has 0 bridgehead atoms. The highest BCUT2D eigenvalue weighted by Crippen LogP contribution is 2.32. The van der Waals surface area contributed by atoms with Crippen molar-refractivity contribution >= 4 is 39.1 Å². The first-order valence-electron chi connectivity index (χ1n) is 5.86. The first-order valence-corrected chi connectivity index (χ1v) is 7.73. The summed E-state index contributed by atoms with van der Waals surface area (Å²) >= 11 is 3.44. The Morgan fingerprint density at radius 2 is 2.06 bits per heavy atom. The number of thiophene rings is 1. The van der Waals surface area contributed by atoms with Gasteiger partial charge in [0.2, 0.25) is 0 Å². The van der Waals surface area contributed by atoms with Gasteiger partial charge >= 0.3 is 0 Å². The third-order valence-corrected chi connectivity index (χ3v) is 5.22. The molecule has 0 fully saturated rings. The average Bonchev–Trinajstić information content (AvgIpc) is 2.62. The second-order valence-electron chi connectivity index (χ2n) is 4.35. The minimum Gasteiger partial charge on any atom is -0.383 e. The molecular weight excluding hydrogens is 264 g/mol. The number of nitrogen functional groups attached to an aromatic ring is 1. The van der Waals surface area contributed by atoms with Crippen molar-refractivity contribution in [2.45, 2.75) is 31.8 Å². The van der Waals surface area contributed by atoms with Crippen molar-refractivity contribution in [2.75, 3.05) is 12.3 Å². The normalized spacial score (nSPS) is 13.1. The van der Waals surface area contributed by atoms with E-state index in [0.717, 1.165) is 21.8 Å². The Morgan fingerprint density at radius 1 is 1.33 bits per heavy atom. The molecule has 2 rings (SSSR count). The summed E-state index contributed by atoms with van der Waals surface area (Å²) in [7, 11) is 0. The van der Waals surface area contributed by atoms with E-state index in [0.29, 0.717) is 17.6 Å². The molecule has 0 spiro atoms. The summed E-state index contributed by atoms with van der Waals surface area (Å²) in [6.45, 7) is 6.93. The van der Waals surface area contributed by atoms with Gasteiger partial charge in [0.15, 0.2) is 0 Å². The molecule has 18 heavy (non-hydrogen) atoms. The van der Waals surface area contributed by atoms with E-state index >= 15 is 0 Å². The van der Waals surface area contributed by atoms with Crippen molar-refractivity contribution in [1.29, 1.82) is 0 Å². The van der Waals surface area contributed by atoms with Crippen LogP contribution >= 0.6 is 23.1 Å². The number of aryl methyl sites for hydroxylation is 2. The van der Waals surface area contributed by atoms with Gasteiger partial charge in [-0.05, 0) is 19.4 Å².